The van der Waals surface area contributed by atoms with Crippen LogP contribution in [0.4, 0.5) is 5.69 Å². The van der Waals surface area contributed by atoms with Crippen LogP contribution >= 0.6 is 0 Å². The zero-order chi connectivity index (χ0) is 23.5. The molecule has 0 heterocycles. The van der Waals surface area contributed by atoms with E-state index in [1.807, 2.05) is 72.8 Å². The lowest BCUT2D eigenvalue weighted by atomic mass is 10.0. The SMILES string of the molecule is O=C(NCc1ccccc1)c1ccc2cc(O)c(C(=O)Nc3cccc4ccccc34)cc2c1. The Labute approximate surface area is 196 Å². The normalized spacial score (nSPS) is 10.8. The summed E-state index contributed by atoms with van der Waals surface area (Å²) in [5.74, 6) is -0.748. The Hall–Kier alpha value is -4.64. The maximum Gasteiger partial charge on any atom is 0.259 e. The number of carbonyl (C=O) groups is 2. The smallest absolute Gasteiger partial charge is 0.259 e. The summed E-state index contributed by atoms with van der Waals surface area (Å²) in [6, 6.07) is 31.5. The number of amides is 2. The minimum absolute atomic E-state index is 0.119. The fourth-order valence-electron chi connectivity index (χ4n) is 4.01. The van der Waals surface area contributed by atoms with Gasteiger partial charge in [0.15, 0.2) is 0 Å². The zero-order valence-corrected chi connectivity index (χ0v) is 18.3. The van der Waals surface area contributed by atoms with Crippen LogP contribution in [-0.4, -0.2) is 16.9 Å². The van der Waals surface area contributed by atoms with Crippen LogP contribution in [-0.2, 0) is 6.54 Å². The van der Waals surface area contributed by atoms with Crippen molar-refractivity contribution < 1.29 is 14.7 Å². The van der Waals surface area contributed by atoms with Gasteiger partial charge in [0.1, 0.15) is 5.75 Å². The highest BCUT2D eigenvalue weighted by Gasteiger charge is 2.15. The number of phenols is 1. The summed E-state index contributed by atoms with van der Waals surface area (Å²) in [6.07, 6.45) is 0. The first kappa shape index (κ1) is 21.2. The van der Waals surface area contributed by atoms with Gasteiger partial charge in [0.2, 0.25) is 0 Å². The summed E-state index contributed by atoms with van der Waals surface area (Å²) in [7, 11) is 0. The van der Waals surface area contributed by atoms with E-state index in [-0.39, 0.29) is 17.2 Å². The Balaban J connectivity index is 1.40. The highest BCUT2D eigenvalue weighted by Crippen LogP contribution is 2.28. The van der Waals surface area contributed by atoms with Crippen molar-refractivity contribution in [1.29, 1.82) is 0 Å². The van der Waals surface area contributed by atoms with Crippen molar-refractivity contribution >= 4 is 39.0 Å². The van der Waals surface area contributed by atoms with E-state index in [9.17, 15) is 14.7 Å². The molecule has 0 saturated heterocycles. The van der Waals surface area contributed by atoms with Crippen LogP contribution in [0.15, 0.2) is 103 Å². The number of anilines is 1. The number of benzene rings is 5. The monoisotopic (exact) mass is 446 g/mol. The number of carbonyl (C=O) groups excluding carboxylic acids is 2. The van der Waals surface area contributed by atoms with Crippen LogP contribution in [0, 0.1) is 0 Å². The Morgan fingerprint density at radius 1 is 0.676 bits per heavy atom. The van der Waals surface area contributed by atoms with Crippen molar-refractivity contribution in [2.24, 2.45) is 0 Å². The summed E-state index contributed by atoms with van der Waals surface area (Å²) < 4.78 is 0. The molecule has 0 bridgehead atoms. The molecule has 0 saturated carbocycles. The number of nitrogens with one attached hydrogen (secondary N) is 2. The summed E-state index contributed by atoms with van der Waals surface area (Å²) in [5, 5.41) is 19.7. The van der Waals surface area contributed by atoms with Crippen LogP contribution in [0.1, 0.15) is 26.3 Å². The molecule has 5 aromatic carbocycles. The van der Waals surface area contributed by atoms with E-state index in [2.05, 4.69) is 10.6 Å². The average molecular weight is 447 g/mol. The van der Waals surface area contributed by atoms with Gasteiger partial charge in [-0.2, -0.15) is 0 Å². The van der Waals surface area contributed by atoms with Crippen molar-refractivity contribution in [2.45, 2.75) is 6.54 Å². The van der Waals surface area contributed by atoms with E-state index < -0.39 is 5.91 Å². The lowest BCUT2D eigenvalue weighted by Crippen LogP contribution is -2.22. The molecule has 3 N–H and O–H groups in total. The summed E-state index contributed by atoms with van der Waals surface area (Å²) in [4.78, 5) is 25.7. The Morgan fingerprint density at radius 3 is 2.29 bits per heavy atom. The van der Waals surface area contributed by atoms with Crippen molar-refractivity contribution in [3.05, 3.63) is 120 Å². The second-order valence-electron chi connectivity index (χ2n) is 8.08. The van der Waals surface area contributed by atoms with Crippen molar-refractivity contribution in [3.63, 3.8) is 0 Å². The lowest BCUT2D eigenvalue weighted by Gasteiger charge is -2.11. The van der Waals surface area contributed by atoms with E-state index in [4.69, 9.17) is 0 Å². The third-order valence-corrected chi connectivity index (χ3v) is 5.80. The minimum atomic E-state index is -0.422. The molecule has 0 aliphatic heterocycles. The maximum absolute atomic E-state index is 13.1. The molecular weight excluding hydrogens is 424 g/mol. The van der Waals surface area contributed by atoms with Crippen LogP contribution < -0.4 is 10.6 Å². The summed E-state index contributed by atoms with van der Waals surface area (Å²) >= 11 is 0. The predicted molar refractivity (Wildman–Crippen MR) is 135 cm³/mol. The zero-order valence-electron chi connectivity index (χ0n) is 18.3. The van der Waals surface area contributed by atoms with Gasteiger partial charge >= 0.3 is 0 Å². The van der Waals surface area contributed by atoms with Crippen molar-refractivity contribution in [3.8, 4) is 5.75 Å². The molecule has 0 spiro atoms. The molecular formula is C29H22N2O3. The van der Waals surface area contributed by atoms with E-state index in [1.54, 1.807) is 30.3 Å². The van der Waals surface area contributed by atoms with Crippen LogP contribution in [0.5, 0.6) is 5.75 Å². The second kappa shape index (κ2) is 9.08. The van der Waals surface area contributed by atoms with E-state index in [0.29, 0.717) is 23.2 Å². The fraction of sp³-hybridized carbons (Fsp3) is 0.0345. The van der Waals surface area contributed by atoms with Gasteiger partial charge in [-0.15, -0.1) is 0 Å². The van der Waals surface area contributed by atoms with Gasteiger partial charge in [0.25, 0.3) is 11.8 Å². The molecule has 0 radical (unpaired) electrons. The van der Waals surface area contributed by atoms with Gasteiger partial charge in [-0.05, 0) is 52.1 Å². The molecule has 0 aliphatic rings. The van der Waals surface area contributed by atoms with Gasteiger partial charge < -0.3 is 15.7 Å². The standard InChI is InChI=1S/C29H22N2O3/c32-27-17-21-13-14-22(28(33)30-18-19-7-2-1-3-8-19)15-23(21)16-25(27)29(34)31-26-12-6-10-20-9-4-5-11-24(20)26/h1-17,32H,18H2,(H,30,33)(H,31,34). The first-order valence-corrected chi connectivity index (χ1v) is 11.0. The third kappa shape index (κ3) is 4.32. The molecule has 0 fully saturated rings. The quantitative estimate of drug-likeness (QED) is 0.315. The number of hydrogen-bond acceptors (Lipinski definition) is 3. The van der Waals surface area contributed by atoms with E-state index >= 15 is 0 Å². The van der Waals surface area contributed by atoms with Gasteiger partial charge in [0, 0.05) is 23.2 Å². The van der Waals surface area contributed by atoms with E-state index in [1.165, 1.54) is 0 Å². The Bertz CT molecular complexity index is 1520. The molecule has 5 rings (SSSR count). The van der Waals surface area contributed by atoms with E-state index in [0.717, 1.165) is 21.7 Å². The van der Waals surface area contributed by atoms with Crippen LogP contribution in [0.3, 0.4) is 0 Å². The highest BCUT2D eigenvalue weighted by molar-refractivity contribution is 6.12. The first-order chi connectivity index (χ1) is 16.6. The Morgan fingerprint density at radius 2 is 1.44 bits per heavy atom. The molecule has 2 amide bonds. The third-order valence-electron chi connectivity index (χ3n) is 5.80. The second-order valence-corrected chi connectivity index (χ2v) is 8.08. The number of rotatable bonds is 5. The lowest BCUT2D eigenvalue weighted by molar-refractivity contribution is 0.0950. The number of aromatic hydroxyl groups is 1. The largest absolute Gasteiger partial charge is 0.507 e. The topological polar surface area (TPSA) is 78.4 Å². The molecule has 166 valence electrons. The Kier molecular flexibility index (Phi) is 5.67. The average Bonchev–Trinajstić information content (AvgIpc) is 2.87. The number of hydrogen-bond donors (Lipinski definition) is 3. The van der Waals surface area contributed by atoms with Gasteiger partial charge in [-0.1, -0.05) is 72.8 Å². The van der Waals surface area contributed by atoms with Gasteiger partial charge in [-0.25, -0.2) is 0 Å². The van der Waals surface area contributed by atoms with Gasteiger partial charge in [0.05, 0.1) is 5.56 Å². The molecule has 0 aromatic heterocycles. The number of phenolic OH excluding ortho intramolecular Hbond substituents is 1. The fourth-order valence-corrected chi connectivity index (χ4v) is 4.01. The highest BCUT2D eigenvalue weighted by atomic mass is 16.3. The number of fused-ring (bicyclic) bond motifs is 2. The van der Waals surface area contributed by atoms with Gasteiger partial charge in [-0.3, -0.25) is 9.59 Å². The molecule has 0 aliphatic carbocycles. The molecule has 0 unspecified atom stereocenters. The molecule has 5 aromatic rings. The first-order valence-electron chi connectivity index (χ1n) is 11.0. The summed E-state index contributed by atoms with van der Waals surface area (Å²) in [5.41, 5.74) is 2.29. The molecule has 34 heavy (non-hydrogen) atoms. The molecule has 5 heteroatoms. The van der Waals surface area contributed by atoms with Crippen LogP contribution in [0.2, 0.25) is 0 Å². The van der Waals surface area contributed by atoms with Crippen molar-refractivity contribution in [2.75, 3.05) is 5.32 Å². The predicted octanol–water partition coefficient (Wildman–Crippen LogP) is 5.88. The minimum Gasteiger partial charge on any atom is -0.507 e. The maximum atomic E-state index is 13.1. The molecule has 0 atom stereocenters. The summed E-state index contributed by atoms with van der Waals surface area (Å²) in [6.45, 7) is 0.423. The van der Waals surface area contributed by atoms with Crippen LogP contribution in [0.25, 0.3) is 21.5 Å². The molecule has 5 nitrogen and oxygen atoms in total. The van der Waals surface area contributed by atoms with Crippen molar-refractivity contribution in [1.82, 2.24) is 5.32 Å².